The van der Waals surface area contributed by atoms with E-state index in [1.807, 2.05) is 19.9 Å². The summed E-state index contributed by atoms with van der Waals surface area (Å²) < 4.78 is 5.81. The number of fused-ring (bicyclic) bond motifs is 5. The summed E-state index contributed by atoms with van der Waals surface area (Å²) in [5.74, 6) is -2.24. The van der Waals surface area contributed by atoms with Crippen LogP contribution in [0.25, 0.3) is 0 Å². The summed E-state index contributed by atoms with van der Waals surface area (Å²) in [5, 5.41) is 32.8. The summed E-state index contributed by atoms with van der Waals surface area (Å²) >= 11 is 0. The van der Waals surface area contributed by atoms with E-state index in [0.717, 1.165) is 24.8 Å². The second-order valence-electron chi connectivity index (χ2n) is 13.3. The molecule has 4 rings (SSSR count). The van der Waals surface area contributed by atoms with Crippen LogP contribution < -0.4 is 11.5 Å². The highest BCUT2D eigenvalue weighted by molar-refractivity contribution is 5.91. The fourth-order valence-electron chi connectivity index (χ4n) is 9.28. The molecule has 0 bridgehead atoms. The number of hydrogen-bond donors (Lipinski definition) is 5. The van der Waals surface area contributed by atoms with Gasteiger partial charge in [0.05, 0.1) is 17.8 Å². The Morgan fingerprint density at radius 2 is 1.66 bits per heavy atom. The summed E-state index contributed by atoms with van der Waals surface area (Å²) in [6.45, 7) is 11.7. The first-order valence-electron chi connectivity index (χ1n) is 13.9. The monoisotopic (exact) mass is 530 g/mol. The number of rotatable bonds is 4. The second-order valence-corrected chi connectivity index (χ2v) is 13.3. The van der Waals surface area contributed by atoms with Gasteiger partial charge in [-0.1, -0.05) is 38.5 Å². The van der Waals surface area contributed by atoms with E-state index in [-0.39, 0.29) is 28.9 Å². The van der Waals surface area contributed by atoms with E-state index in [1.54, 1.807) is 12.2 Å². The van der Waals surface area contributed by atoms with Crippen LogP contribution in [0.4, 0.5) is 0 Å². The lowest BCUT2D eigenvalue weighted by Crippen LogP contribution is -2.72. The highest BCUT2D eigenvalue weighted by Crippen LogP contribution is 2.73. The van der Waals surface area contributed by atoms with Gasteiger partial charge in [0, 0.05) is 24.9 Å². The molecule has 0 heterocycles. The molecule has 4 aliphatic carbocycles. The van der Waals surface area contributed by atoms with E-state index < -0.39 is 53.0 Å². The molecule has 212 valence electrons. The fraction of sp³-hybridized carbons (Fsp3) is 0.733. The van der Waals surface area contributed by atoms with Crippen molar-refractivity contribution in [2.75, 3.05) is 0 Å². The molecule has 0 aromatic carbocycles. The number of carbonyl (C=O) groups is 2. The third-order valence-corrected chi connectivity index (χ3v) is 11.1. The Hall–Kier alpha value is -2.00. The third-order valence-electron chi connectivity index (χ3n) is 11.1. The van der Waals surface area contributed by atoms with E-state index in [2.05, 4.69) is 20.8 Å². The van der Waals surface area contributed by atoms with E-state index in [4.69, 9.17) is 16.2 Å². The average Bonchev–Trinajstić information content (AvgIpc) is 3.10. The van der Waals surface area contributed by atoms with E-state index in [9.17, 15) is 24.9 Å². The maximum Gasteiger partial charge on any atom is 0.335 e. The van der Waals surface area contributed by atoms with Crippen LogP contribution in [0.3, 0.4) is 0 Å². The van der Waals surface area contributed by atoms with Crippen LogP contribution in [-0.4, -0.2) is 57.7 Å². The number of nitrogens with two attached hydrogens (primary N) is 2. The summed E-state index contributed by atoms with van der Waals surface area (Å²) in [5.41, 5.74) is 13.7. The van der Waals surface area contributed by atoms with Crippen molar-refractivity contribution in [1.82, 2.24) is 0 Å². The SMILES string of the molecule is CC(=O)O[C@H]1C[C@@]2(C)[C@H](/C1=C(\C=C/C=C(C)C)C(=O)O)[C@@H](N)[C@@H](O)[C@H]1[C@@]3(C)CC[C@@H](O)[C@@H](N)[C@@H]3CC[C@@]12C. The molecule has 4 saturated carbocycles. The molecule has 8 heteroatoms. The predicted octanol–water partition coefficient (Wildman–Crippen LogP) is 3.07. The number of carboxylic acids is 1. The predicted molar refractivity (Wildman–Crippen MR) is 145 cm³/mol. The minimum Gasteiger partial charge on any atom is -0.478 e. The molecule has 0 radical (unpaired) electrons. The number of allylic oxidation sites excluding steroid dienone is 3. The molecule has 0 amide bonds. The largest absolute Gasteiger partial charge is 0.478 e. The molecule has 0 saturated heterocycles. The Morgan fingerprint density at radius 1 is 1.00 bits per heavy atom. The minimum absolute atomic E-state index is 0.0496. The van der Waals surface area contributed by atoms with Crippen molar-refractivity contribution in [2.45, 2.75) is 104 Å². The first-order chi connectivity index (χ1) is 17.6. The van der Waals surface area contributed by atoms with Crippen LogP contribution in [0, 0.1) is 34.0 Å². The fourth-order valence-corrected chi connectivity index (χ4v) is 9.28. The number of carboxylic acid groups (broad SMARTS) is 1. The zero-order valence-corrected chi connectivity index (χ0v) is 23.6. The summed E-state index contributed by atoms with van der Waals surface area (Å²) in [7, 11) is 0. The van der Waals surface area contributed by atoms with Crippen LogP contribution >= 0.6 is 0 Å². The number of aliphatic carboxylic acids is 1. The van der Waals surface area contributed by atoms with Gasteiger partial charge in [-0.3, -0.25) is 4.79 Å². The quantitative estimate of drug-likeness (QED) is 0.211. The normalized spacial score (nSPS) is 47.5. The van der Waals surface area contributed by atoms with Gasteiger partial charge in [-0.2, -0.15) is 0 Å². The molecule has 0 aromatic heterocycles. The van der Waals surface area contributed by atoms with Crippen LogP contribution in [0.15, 0.2) is 34.9 Å². The standard InChI is InChI=1S/C30H46N2O6/c1-15(2)8-7-9-17(27(36)37)21-20(38-16(3)33)14-30(6)22(21)24(32)25(35)26-28(4)12-11-19(34)23(31)18(28)10-13-29(26,30)5/h7-9,18-20,22-26,34-35H,10-14,31-32H2,1-6H3,(H,36,37)/b9-7-,21-17+/t18-,19+,20-,22+,23-,24+,25+,26-,28-,29-,30-/m0/s1. The second kappa shape index (κ2) is 9.88. The van der Waals surface area contributed by atoms with Gasteiger partial charge in [0.25, 0.3) is 0 Å². The third kappa shape index (κ3) is 4.19. The van der Waals surface area contributed by atoms with Crippen LogP contribution in [0.5, 0.6) is 0 Å². The highest BCUT2D eigenvalue weighted by atomic mass is 16.5. The highest BCUT2D eigenvalue weighted by Gasteiger charge is 2.72. The van der Waals surface area contributed by atoms with Gasteiger partial charge < -0.3 is 31.5 Å². The number of ether oxygens (including phenoxy) is 1. The van der Waals surface area contributed by atoms with Crippen molar-refractivity contribution in [3.63, 3.8) is 0 Å². The molecule has 0 spiro atoms. The van der Waals surface area contributed by atoms with E-state index in [1.165, 1.54) is 6.92 Å². The van der Waals surface area contributed by atoms with Crippen molar-refractivity contribution in [1.29, 1.82) is 0 Å². The van der Waals surface area contributed by atoms with Crippen LogP contribution in [0.1, 0.15) is 73.6 Å². The minimum atomic E-state index is -1.11. The molecular weight excluding hydrogens is 484 g/mol. The molecule has 0 unspecified atom stereocenters. The van der Waals surface area contributed by atoms with Gasteiger partial charge >= 0.3 is 11.9 Å². The number of esters is 1. The van der Waals surface area contributed by atoms with Crippen LogP contribution in [0.2, 0.25) is 0 Å². The first-order valence-corrected chi connectivity index (χ1v) is 13.9. The summed E-state index contributed by atoms with van der Waals surface area (Å²) in [6, 6.07) is -1.11. The van der Waals surface area contributed by atoms with Gasteiger partial charge in [0.1, 0.15) is 6.10 Å². The molecule has 11 atom stereocenters. The van der Waals surface area contributed by atoms with Crippen molar-refractivity contribution in [3.8, 4) is 0 Å². The van der Waals surface area contributed by atoms with E-state index in [0.29, 0.717) is 18.4 Å². The van der Waals surface area contributed by atoms with Crippen molar-refractivity contribution < 1.29 is 29.6 Å². The molecule has 4 aliphatic rings. The topological polar surface area (TPSA) is 156 Å². The number of aliphatic hydroxyl groups excluding tert-OH is 2. The number of carbonyl (C=O) groups excluding carboxylic acids is 1. The Labute approximate surface area is 226 Å². The smallest absolute Gasteiger partial charge is 0.335 e. The summed E-state index contributed by atoms with van der Waals surface area (Å²) in [6.07, 6.45) is 6.16. The Balaban J connectivity index is 1.91. The Kier molecular flexibility index (Phi) is 7.54. The first kappa shape index (κ1) is 29.0. The lowest BCUT2D eigenvalue weighted by atomic mass is 9.36. The average molecular weight is 531 g/mol. The van der Waals surface area contributed by atoms with Crippen molar-refractivity contribution >= 4 is 11.9 Å². The molecule has 38 heavy (non-hydrogen) atoms. The molecule has 0 aromatic rings. The molecular formula is C30H46N2O6. The number of aliphatic hydroxyl groups is 2. The van der Waals surface area contributed by atoms with Crippen molar-refractivity contribution in [2.24, 2.45) is 45.5 Å². The molecule has 7 N–H and O–H groups in total. The van der Waals surface area contributed by atoms with Gasteiger partial charge in [0.15, 0.2) is 0 Å². The van der Waals surface area contributed by atoms with E-state index >= 15 is 0 Å². The molecule has 0 aliphatic heterocycles. The van der Waals surface area contributed by atoms with Gasteiger partial charge in [-0.15, -0.1) is 0 Å². The zero-order valence-electron chi connectivity index (χ0n) is 23.6. The molecule has 8 nitrogen and oxygen atoms in total. The van der Waals surface area contributed by atoms with Crippen LogP contribution in [-0.2, 0) is 14.3 Å². The van der Waals surface area contributed by atoms with Gasteiger partial charge in [-0.05, 0) is 85.7 Å². The van der Waals surface area contributed by atoms with Crippen molar-refractivity contribution in [3.05, 3.63) is 34.9 Å². The maximum absolute atomic E-state index is 12.6. The maximum atomic E-state index is 12.6. The Morgan fingerprint density at radius 3 is 2.24 bits per heavy atom. The lowest BCUT2D eigenvalue weighted by molar-refractivity contribution is -0.233. The molecule has 4 fully saturated rings. The summed E-state index contributed by atoms with van der Waals surface area (Å²) in [4.78, 5) is 24.8. The lowest BCUT2D eigenvalue weighted by Gasteiger charge is -2.69. The van der Waals surface area contributed by atoms with Gasteiger partial charge in [0.2, 0.25) is 0 Å². The number of hydrogen-bond acceptors (Lipinski definition) is 7. The zero-order chi connectivity index (χ0) is 28.4. The Bertz CT molecular complexity index is 1080. The van der Waals surface area contributed by atoms with Gasteiger partial charge in [-0.25, -0.2) is 4.79 Å².